The van der Waals surface area contributed by atoms with Gasteiger partial charge >= 0.3 is 0 Å². The summed E-state index contributed by atoms with van der Waals surface area (Å²) in [4.78, 5) is 32.4. The Kier molecular flexibility index (Phi) is 4.03. The van der Waals surface area contributed by atoms with Gasteiger partial charge in [0.1, 0.15) is 11.6 Å². The second kappa shape index (κ2) is 6.35. The number of fused-ring (bicyclic) bond motifs is 1. The molecule has 2 saturated heterocycles. The molecular weight excluding hydrogens is 318 g/mol. The zero-order valence-corrected chi connectivity index (χ0v) is 14.1. The maximum Gasteiger partial charge on any atom is 0.246 e. The Morgan fingerprint density at radius 1 is 1.16 bits per heavy atom. The third-order valence-electron chi connectivity index (χ3n) is 5.23. The van der Waals surface area contributed by atoms with Crippen LogP contribution in [0.4, 0.5) is 0 Å². The molecule has 0 saturated carbocycles. The average molecular weight is 339 g/mol. The molecule has 0 spiro atoms. The summed E-state index contributed by atoms with van der Waals surface area (Å²) in [6.07, 6.45) is 3.68. The molecule has 3 heterocycles. The molecule has 0 radical (unpaired) electrons. The van der Waals surface area contributed by atoms with Crippen molar-refractivity contribution in [1.82, 2.24) is 14.8 Å². The van der Waals surface area contributed by atoms with Crippen molar-refractivity contribution < 1.29 is 14.0 Å². The molecule has 1 aromatic carbocycles. The Hall–Kier alpha value is -2.63. The van der Waals surface area contributed by atoms with Crippen LogP contribution in [0, 0.1) is 0 Å². The molecule has 25 heavy (non-hydrogen) atoms. The minimum Gasteiger partial charge on any atom is -0.440 e. The van der Waals surface area contributed by atoms with E-state index in [0.29, 0.717) is 19.6 Å². The van der Waals surface area contributed by atoms with E-state index in [4.69, 9.17) is 4.42 Å². The fraction of sp³-hybridized carbons (Fsp3) is 0.421. The lowest BCUT2D eigenvalue weighted by Gasteiger charge is -2.43. The van der Waals surface area contributed by atoms with Crippen LogP contribution in [0.3, 0.4) is 0 Å². The minimum atomic E-state index is -0.314. The van der Waals surface area contributed by atoms with Crippen LogP contribution in [0.15, 0.2) is 41.3 Å². The number of aromatic nitrogens is 1. The van der Waals surface area contributed by atoms with Crippen LogP contribution in [0.2, 0.25) is 0 Å². The van der Waals surface area contributed by atoms with Gasteiger partial charge in [0.15, 0.2) is 11.5 Å². The van der Waals surface area contributed by atoms with Gasteiger partial charge in [0.2, 0.25) is 11.8 Å². The predicted molar refractivity (Wildman–Crippen MR) is 92.9 cm³/mol. The molecule has 2 amide bonds. The predicted octanol–water partition coefficient (Wildman–Crippen LogP) is 2.32. The summed E-state index contributed by atoms with van der Waals surface area (Å²) in [6, 6.07) is 7.44. The molecule has 0 bridgehead atoms. The molecular formula is C19H21N3O3. The zero-order chi connectivity index (χ0) is 17.4. The van der Waals surface area contributed by atoms with E-state index in [9.17, 15) is 9.59 Å². The maximum atomic E-state index is 12.7. The number of nitrogens with zero attached hydrogens (tertiary/aromatic N) is 3. The second-order valence-corrected chi connectivity index (χ2v) is 6.66. The van der Waals surface area contributed by atoms with E-state index in [1.54, 1.807) is 4.90 Å². The van der Waals surface area contributed by atoms with Gasteiger partial charge in [-0.2, -0.15) is 0 Å². The van der Waals surface area contributed by atoms with E-state index in [0.717, 1.165) is 36.3 Å². The van der Waals surface area contributed by atoms with Gasteiger partial charge in [0.25, 0.3) is 0 Å². The first-order valence-electron chi connectivity index (χ1n) is 8.74. The van der Waals surface area contributed by atoms with Crippen LogP contribution in [0.1, 0.15) is 31.1 Å². The van der Waals surface area contributed by atoms with Crippen LogP contribution in [-0.4, -0.2) is 52.3 Å². The van der Waals surface area contributed by atoms with Gasteiger partial charge in [-0.3, -0.25) is 9.59 Å². The van der Waals surface area contributed by atoms with Crippen molar-refractivity contribution >= 4 is 22.9 Å². The molecule has 2 aliphatic heterocycles. The van der Waals surface area contributed by atoms with Gasteiger partial charge < -0.3 is 14.2 Å². The Balaban J connectivity index is 1.39. The maximum absolute atomic E-state index is 12.7. The van der Waals surface area contributed by atoms with E-state index in [1.807, 2.05) is 29.2 Å². The van der Waals surface area contributed by atoms with Gasteiger partial charge in [-0.15, -0.1) is 0 Å². The lowest BCUT2D eigenvalue weighted by Crippen LogP contribution is -2.59. The summed E-state index contributed by atoms with van der Waals surface area (Å²) < 4.78 is 5.87. The molecule has 2 aliphatic rings. The summed E-state index contributed by atoms with van der Waals surface area (Å²) in [7, 11) is 0. The fourth-order valence-corrected chi connectivity index (χ4v) is 3.65. The van der Waals surface area contributed by atoms with Crippen molar-refractivity contribution in [2.45, 2.75) is 31.2 Å². The Morgan fingerprint density at radius 3 is 2.56 bits per heavy atom. The van der Waals surface area contributed by atoms with Gasteiger partial charge in [0.05, 0.1) is 0 Å². The van der Waals surface area contributed by atoms with Crippen LogP contribution in [0.25, 0.3) is 11.1 Å². The molecule has 4 rings (SSSR count). The number of hydrogen-bond acceptors (Lipinski definition) is 4. The van der Waals surface area contributed by atoms with E-state index in [-0.39, 0.29) is 23.8 Å². The van der Waals surface area contributed by atoms with Crippen molar-refractivity contribution in [3.63, 3.8) is 0 Å². The molecule has 6 nitrogen and oxygen atoms in total. The smallest absolute Gasteiger partial charge is 0.246 e. The normalized spacial score (nSPS) is 21.2. The molecule has 1 atom stereocenters. The fourth-order valence-electron chi connectivity index (χ4n) is 3.65. The van der Waals surface area contributed by atoms with Crippen molar-refractivity contribution in [2.75, 3.05) is 19.6 Å². The molecule has 2 aromatic rings. The number of para-hydroxylation sites is 2. The molecule has 1 aromatic heterocycles. The van der Waals surface area contributed by atoms with Crippen molar-refractivity contribution in [3.05, 3.63) is 42.8 Å². The summed E-state index contributed by atoms with van der Waals surface area (Å²) in [5.41, 5.74) is 1.69. The van der Waals surface area contributed by atoms with Crippen LogP contribution >= 0.6 is 0 Å². The standard InChI is InChI=1S/C19H21N3O3/c1-2-17(23)22-12-9-15(22)19(24)21-10-7-13(8-11-21)18-20-14-5-3-4-6-16(14)25-18/h2-6,13,15H,1,7-12H2. The molecule has 2 fully saturated rings. The van der Waals surface area contributed by atoms with Crippen LogP contribution < -0.4 is 0 Å². The number of carbonyl (C=O) groups is 2. The van der Waals surface area contributed by atoms with E-state index in [2.05, 4.69) is 11.6 Å². The number of likely N-dealkylation sites (tertiary alicyclic amines) is 2. The number of piperidine rings is 1. The SMILES string of the molecule is C=CC(=O)N1CCC1C(=O)N1CCC(c2nc3ccccc3o2)CC1. The third kappa shape index (κ3) is 2.81. The van der Waals surface area contributed by atoms with E-state index < -0.39 is 0 Å². The Bertz CT molecular complexity index is 787. The number of rotatable bonds is 3. The van der Waals surface area contributed by atoms with E-state index >= 15 is 0 Å². The van der Waals surface area contributed by atoms with Gasteiger partial charge in [0, 0.05) is 25.6 Å². The van der Waals surface area contributed by atoms with E-state index in [1.165, 1.54) is 6.08 Å². The first-order valence-corrected chi connectivity index (χ1v) is 8.74. The summed E-state index contributed by atoms with van der Waals surface area (Å²) >= 11 is 0. The van der Waals surface area contributed by atoms with Crippen molar-refractivity contribution in [1.29, 1.82) is 0 Å². The summed E-state index contributed by atoms with van der Waals surface area (Å²) in [6.45, 7) is 5.49. The highest BCUT2D eigenvalue weighted by Gasteiger charge is 2.40. The van der Waals surface area contributed by atoms with Crippen LogP contribution in [0.5, 0.6) is 0 Å². The van der Waals surface area contributed by atoms with Gasteiger partial charge in [-0.1, -0.05) is 18.7 Å². The Labute approximate surface area is 146 Å². The number of carbonyl (C=O) groups excluding carboxylic acids is 2. The highest BCUT2D eigenvalue weighted by molar-refractivity contribution is 5.94. The van der Waals surface area contributed by atoms with Gasteiger partial charge in [-0.05, 0) is 37.5 Å². The van der Waals surface area contributed by atoms with Gasteiger partial charge in [-0.25, -0.2) is 4.98 Å². The summed E-state index contributed by atoms with van der Waals surface area (Å²) in [5, 5.41) is 0. The summed E-state index contributed by atoms with van der Waals surface area (Å²) in [5.74, 6) is 0.896. The Morgan fingerprint density at radius 2 is 1.92 bits per heavy atom. The lowest BCUT2D eigenvalue weighted by molar-refractivity contribution is -0.151. The topological polar surface area (TPSA) is 66.7 Å². The second-order valence-electron chi connectivity index (χ2n) is 6.66. The largest absolute Gasteiger partial charge is 0.440 e. The monoisotopic (exact) mass is 339 g/mol. The zero-order valence-electron chi connectivity index (χ0n) is 14.1. The van der Waals surface area contributed by atoms with Crippen molar-refractivity contribution in [3.8, 4) is 0 Å². The number of hydrogen-bond donors (Lipinski definition) is 0. The highest BCUT2D eigenvalue weighted by Crippen LogP contribution is 2.31. The molecule has 130 valence electrons. The molecule has 6 heteroatoms. The average Bonchev–Trinajstić information content (AvgIpc) is 3.05. The first kappa shape index (κ1) is 15.9. The highest BCUT2D eigenvalue weighted by atomic mass is 16.3. The number of amides is 2. The number of oxazole rings is 1. The van der Waals surface area contributed by atoms with Crippen LogP contribution in [-0.2, 0) is 9.59 Å². The third-order valence-corrected chi connectivity index (χ3v) is 5.23. The molecule has 1 unspecified atom stereocenters. The quantitative estimate of drug-likeness (QED) is 0.805. The minimum absolute atomic E-state index is 0.0532. The lowest BCUT2D eigenvalue weighted by atomic mass is 9.94. The molecule has 0 aliphatic carbocycles. The number of benzene rings is 1. The first-order chi connectivity index (χ1) is 12.2. The molecule has 0 N–H and O–H groups in total. The van der Waals surface area contributed by atoms with Crippen molar-refractivity contribution in [2.24, 2.45) is 0 Å².